The maximum absolute atomic E-state index is 6.87. The van der Waals surface area contributed by atoms with Gasteiger partial charge in [0.05, 0.1) is 5.39 Å². The van der Waals surface area contributed by atoms with Crippen molar-refractivity contribution >= 4 is 99.5 Å². The van der Waals surface area contributed by atoms with Crippen LogP contribution < -0.4 is 9.80 Å². The molecule has 4 nitrogen and oxygen atoms in total. The lowest BCUT2D eigenvalue weighted by molar-refractivity contribution is 0.663. The van der Waals surface area contributed by atoms with Crippen LogP contribution in [-0.2, 0) is 0 Å². The summed E-state index contributed by atoms with van der Waals surface area (Å²) in [5.74, 6) is 0. The molecule has 60 heavy (non-hydrogen) atoms. The van der Waals surface area contributed by atoms with E-state index in [1.807, 2.05) is 0 Å². The van der Waals surface area contributed by atoms with Crippen molar-refractivity contribution in [2.24, 2.45) is 0 Å². The zero-order valence-electron chi connectivity index (χ0n) is 34.7. The van der Waals surface area contributed by atoms with Gasteiger partial charge in [-0.15, -0.1) is 0 Å². The first-order valence-corrected chi connectivity index (χ1v) is 20.7. The molecule has 11 rings (SSSR count). The maximum atomic E-state index is 6.87. The van der Waals surface area contributed by atoms with Crippen LogP contribution >= 0.6 is 0 Å². The Morgan fingerprint density at radius 3 is 1.33 bits per heavy atom. The summed E-state index contributed by atoms with van der Waals surface area (Å²) >= 11 is 0. The molecule has 0 N–H and O–H groups in total. The topological polar surface area (TPSA) is 32.8 Å². The van der Waals surface area contributed by atoms with E-state index >= 15 is 0 Å². The Balaban J connectivity index is 1.04. The molecule has 9 aromatic carbocycles. The van der Waals surface area contributed by atoms with Crippen molar-refractivity contribution in [1.29, 1.82) is 0 Å². The van der Waals surface area contributed by atoms with Crippen LogP contribution in [0.4, 0.5) is 34.1 Å². The highest BCUT2D eigenvalue weighted by atomic mass is 16.3. The third-order valence-electron chi connectivity index (χ3n) is 12.7. The molecule has 4 heteroatoms. The minimum atomic E-state index is 0.817. The number of aryl methyl sites for hydroxylation is 6. The highest BCUT2D eigenvalue weighted by molar-refractivity contribution is 6.24. The molecule has 0 aliphatic heterocycles. The lowest BCUT2D eigenvalue weighted by Crippen LogP contribution is -2.11. The molecule has 2 aromatic heterocycles. The quantitative estimate of drug-likeness (QED) is 0.168. The molecule has 0 saturated heterocycles. The monoisotopic (exact) mass is 776 g/mol. The SMILES string of the molecule is Cc1ccc(N(c2ccc3cc4c(cc3c2)oc2c4ccc3oc4cc5cc(N(c6ccc(C)c(C)c6)c6ccccc6C)ccc5cc4c32)c2ccccc2C)cc1C. The van der Waals surface area contributed by atoms with E-state index in [-0.39, 0.29) is 0 Å². The Bertz CT molecular complexity index is 3530. The van der Waals surface area contributed by atoms with Crippen LogP contribution in [0.15, 0.2) is 167 Å². The first-order valence-electron chi connectivity index (χ1n) is 20.7. The number of rotatable bonds is 6. The lowest BCUT2D eigenvalue weighted by atomic mass is 10.0. The normalized spacial score (nSPS) is 11.8. The molecule has 0 unspecified atom stereocenters. The Labute approximate surface area is 349 Å². The summed E-state index contributed by atoms with van der Waals surface area (Å²) in [6, 6.07) is 57.3. The second kappa shape index (κ2) is 13.6. The summed E-state index contributed by atoms with van der Waals surface area (Å²) in [6.07, 6.45) is 0. The number of benzene rings is 9. The predicted octanol–water partition coefficient (Wildman–Crippen LogP) is 16.6. The summed E-state index contributed by atoms with van der Waals surface area (Å²) in [5, 5.41) is 8.79. The van der Waals surface area contributed by atoms with E-state index in [1.54, 1.807) is 0 Å². The van der Waals surface area contributed by atoms with Crippen molar-refractivity contribution in [3.8, 4) is 0 Å². The van der Waals surface area contributed by atoms with Crippen LogP contribution in [0.2, 0.25) is 0 Å². The molecule has 0 spiro atoms. The van der Waals surface area contributed by atoms with Crippen molar-refractivity contribution in [1.82, 2.24) is 0 Å². The Hall–Kier alpha value is -7.30. The molecule has 0 atom stereocenters. The number of anilines is 6. The van der Waals surface area contributed by atoms with Gasteiger partial charge in [0.15, 0.2) is 0 Å². The number of nitrogens with zero attached hydrogens (tertiary/aromatic N) is 2. The standard InChI is InChI=1S/C56H44N2O2/c1-33-15-19-43(25-37(33)5)57(50-13-9-7-11-35(50)3)45-21-17-39-29-48-47-23-24-52-55(56(47)60-53(48)31-41(39)27-45)49-30-40-18-22-46(28-42(40)32-54(49)59-52)58(51-14-10-8-12-36(51)4)44-20-16-34(2)38(6)26-44/h7-32H,1-6H3. The van der Waals surface area contributed by atoms with E-state index in [0.29, 0.717) is 0 Å². The summed E-state index contributed by atoms with van der Waals surface area (Å²) in [6.45, 7) is 13.0. The van der Waals surface area contributed by atoms with E-state index in [1.165, 1.54) is 38.8 Å². The van der Waals surface area contributed by atoms with Gasteiger partial charge in [0.25, 0.3) is 0 Å². The van der Waals surface area contributed by atoms with Gasteiger partial charge in [0.2, 0.25) is 0 Å². The van der Waals surface area contributed by atoms with Crippen molar-refractivity contribution in [2.45, 2.75) is 41.5 Å². The number of para-hydroxylation sites is 2. The molecular formula is C56H44N2O2. The van der Waals surface area contributed by atoms with Gasteiger partial charge in [-0.3, -0.25) is 0 Å². The predicted molar refractivity (Wildman–Crippen MR) is 254 cm³/mol. The minimum absolute atomic E-state index is 0.817. The summed E-state index contributed by atoms with van der Waals surface area (Å²) < 4.78 is 13.5. The molecule has 0 aliphatic rings. The number of hydrogen-bond acceptors (Lipinski definition) is 4. The molecule has 0 aliphatic carbocycles. The van der Waals surface area contributed by atoms with Gasteiger partial charge in [-0.1, -0.05) is 60.7 Å². The third kappa shape index (κ3) is 5.74. The van der Waals surface area contributed by atoms with Gasteiger partial charge in [0.1, 0.15) is 22.3 Å². The van der Waals surface area contributed by atoms with E-state index in [2.05, 4.69) is 209 Å². The Kier molecular flexibility index (Phi) is 8.15. The molecule has 11 aromatic rings. The minimum Gasteiger partial charge on any atom is -0.456 e. The second-order valence-electron chi connectivity index (χ2n) is 16.6. The van der Waals surface area contributed by atoms with E-state index < -0.39 is 0 Å². The average molecular weight is 777 g/mol. The van der Waals surface area contributed by atoms with Crippen LogP contribution in [0.25, 0.3) is 65.4 Å². The van der Waals surface area contributed by atoms with Crippen LogP contribution in [0.5, 0.6) is 0 Å². The van der Waals surface area contributed by atoms with Gasteiger partial charge < -0.3 is 18.6 Å². The zero-order chi connectivity index (χ0) is 40.8. The van der Waals surface area contributed by atoms with E-state index in [4.69, 9.17) is 8.83 Å². The van der Waals surface area contributed by atoms with Crippen molar-refractivity contribution in [3.63, 3.8) is 0 Å². The van der Waals surface area contributed by atoms with Crippen LogP contribution in [0.3, 0.4) is 0 Å². The largest absolute Gasteiger partial charge is 0.456 e. The van der Waals surface area contributed by atoms with Crippen LogP contribution in [0, 0.1) is 41.5 Å². The summed E-state index contributed by atoms with van der Waals surface area (Å²) in [5.41, 5.74) is 17.7. The van der Waals surface area contributed by atoms with Gasteiger partial charge >= 0.3 is 0 Å². The highest BCUT2D eigenvalue weighted by Crippen LogP contribution is 2.45. The molecule has 290 valence electrons. The third-order valence-corrected chi connectivity index (χ3v) is 12.7. The van der Waals surface area contributed by atoms with Crippen LogP contribution in [0.1, 0.15) is 33.4 Å². The summed E-state index contributed by atoms with van der Waals surface area (Å²) in [4.78, 5) is 4.72. The molecule has 2 heterocycles. The zero-order valence-corrected chi connectivity index (χ0v) is 34.7. The van der Waals surface area contributed by atoms with Gasteiger partial charge in [-0.05, 0) is 194 Å². The Morgan fingerprint density at radius 2 is 0.800 bits per heavy atom. The van der Waals surface area contributed by atoms with Crippen molar-refractivity contribution < 1.29 is 8.83 Å². The Morgan fingerprint density at radius 1 is 0.317 bits per heavy atom. The molecule has 0 fully saturated rings. The average Bonchev–Trinajstić information content (AvgIpc) is 3.80. The summed E-state index contributed by atoms with van der Waals surface area (Å²) in [7, 11) is 0. The van der Waals surface area contributed by atoms with Gasteiger partial charge in [-0.25, -0.2) is 0 Å². The van der Waals surface area contributed by atoms with Crippen molar-refractivity contribution in [3.05, 3.63) is 191 Å². The lowest BCUT2D eigenvalue weighted by Gasteiger charge is -2.28. The molecule has 0 saturated carbocycles. The van der Waals surface area contributed by atoms with Gasteiger partial charge in [-0.2, -0.15) is 0 Å². The fourth-order valence-electron chi connectivity index (χ4n) is 9.05. The van der Waals surface area contributed by atoms with E-state index in [9.17, 15) is 0 Å². The first kappa shape index (κ1) is 35.8. The molecule has 0 bridgehead atoms. The number of furan rings is 2. The van der Waals surface area contributed by atoms with Crippen LogP contribution in [-0.4, -0.2) is 0 Å². The number of fused-ring (bicyclic) bond motifs is 9. The fourth-order valence-corrected chi connectivity index (χ4v) is 9.05. The second-order valence-corrected chi connectivity index (χ2v) is 16.6. The van der Waals surface area contributed by atoms with Gasteiger partial charge in [0, 0.05) is 50.3 Å². The maximum Gasteiger partial charge on any atom is 0.147 e. The molecular weight excluding hydrogens is 733 g/mol. The highest BCUT2D eigenvalue weighted by Gasteiger charge is 2.21. The van der Waals surface area contributed by atoms with E-state index in [0.717, 1.165) is 94.2 Å². The number of hydrogen-bond donors (Lipinski definition) is 0. The molecule has 0 amide bonds. The smallest absolute Gasteiger partial charge is 0.147 e. The first-order chi connectivity index (χ1) is 29.2. The molecule has 0 radical (unpaired) electrons. The van der Waals surface area contributed by atoms with Crippen molar-refractivity contribution in [2.75, 3.05) is 9.80 Å². The fraction of sp³-hybridized carbons (Fsp3) is 0.107.